The third-order valence-electron chi connectivity index (χ3n) is 11.8. The molecule has 296 valence electrons. The van der Waals surface area contributed by atoms with Gasteiger partial charge in [-0.05, 0) is 115 Å². The molecular weight excluding hydrogens is 749 g/mol. The highest BCUT2D eigenvalue weighted by atomic mass is 15.1. The van der Waals surface area contributed by atoms with E-state index in [1.54, 1.807) is 0 Å². The zero-order chi connectivity index (χ0) is 41.8. The van der Waals surface area contributed by atoms with Gasteiger partial charge >= 0.3 is 0 Å². The van der Waals surface area contributed by atoms with Crippen molar-refractivity contribution in [1.29, 1.82) is 0 Å². The predicted molar refractivity (Wildman–Crippen MR) is 268 cm³/mol. The van der Waals surface area contributed by atoms with Crippen molar-refractivity contribution < 1.29 is 0 Å². The third kappa shape index (κ3) is 6.73. The average Bonchev–Trinajstić information content (AvgIpc) is 3.36. The normalized spacial score (nSPS) is 11.1. The van der Waals surface area contributed by atoms with Gasteiger partial charge < -0.3 is 9.80 Å². The van der Waals surface area contributed by atoms with Crippen LogP contribution in [0.5, 0.6) is 0 Å². The highest BCUT2D eigenvalue weighted by Crippen LogP contribution is 2.50. The molecule has 0 amide bonds. The van der Waals surface area contributed by atoms with Gasteiger partial charge in [0, 0.05) is 33.5 Å². The quantitative estimate of drug-likeness (QED) is 0.141. The Bertz CT molecular complexity index is 2950. The fourth-order valence-electron chi connectivity index (χ4n) is 9.26. The Morgan fingerprint density at radius 3 is 0.710 bits per heavy atom. The van der Waals surface area contributed by atoms with Gasteiger partial charge in [0.25, 0.3) is 0 Å². The maximum absolute atomic E-state index is 2.37. The van der Waals surface area contributed by atoms with E-state index in [2.05, 4.69) is 252 Å². The van der Waals surface area contributed by atoms with E-state index in [4.69, 9.17) is 0 Å². The van der Waals surface area contributed by atoms with Gasteiger partial charge in [0.15, 0.2) is 0 Å². The van der Waals surface area contributed by atoms with E-state index >= 15 is 0 Å². The van der Waals surface area contributed by atoms with Crippen molar-refractivity contribution in [3.05, 3.63) is 243 Å². The van der Waals surface area contributed by atoms with Gasteiger partial charge in [-0.2, -0.15) is 0 Å². The first kappa shape index (κ1) is 38.3. The van der Waals surface area contributed by atoms with Crippen LogP contribution in [0.15, 0.2) is 243 Å². The molecule has 0 aliphatic rings. The molecule has 62 heavy (non-hydrogen) atoms. The summed E-state index contributed by atoms with van der Waals surface area (Å²) in [4.78, 5) is 4.74. The van der Waals surface area contributed by atoms with Crippen LogP contribution in [0.25, 0.3) is 65.3 Å². The second kappa shape index (κ2) is 17.0. The molecule has 0 heterocycles. The Morgan fingerprint density at radius 2 is 0.435 bits per heavy atom. The van der Waals surface area contributed by atoms with Crippen LogP contribution in [0, 0.1) is 0 Å². The van der Waals surface area contributed by atoms with Gasteiger partial charge in [-0.3, -0.25) is 0 Å². The number of rotatable bonds is 8. The van der Waals surface area contributed by atoms with Gasteiger partial charge in [0.1, 0.15) is 0 Å². The smallest absolute Gasteiger partial charge is 0.0540 e. The van der Waals surface area contributed by atoms with E-state index in [1.807, 2.05) is 13.8 Å². The second-order valence-electron chi connectivity index (χ2n) is 15.2. The molecule has 0 atom stereocenters. The van der Waals surface area contributed by atoms with E-state index in [0.717, 1.165) is 34.1 Å². The van der Waals surface area contributed by atoms with Crippen molar-refractivity contribution >= 4 is 77.2 Å². The molecule has 0 radical (unpaired) electrons. The van der Waals surface area contributed by atoms with Crippen molar-refractivity contribution in [2.75, 3.05) is 9.80 Å². The lowest BCUT2D eigenvalue weighted by molar-refractivity contribution is 1.30. The fourth-order valence-corrected chi connectivity index (χ4v) is 9.26. The molecule has 0 unspecified atom stereocenters. The molecule has 0 bridgehead atoms. The zero-order valence-corrected chi connectivity index (χ0v) is 35.0. The van der Waals surface area contributed by atoms with Crippen molar-refractivity contribution in [1.82, 2.24) is 0 Å². The minimum atomic E-state index is 1.12. The van der Waals surface area contributed by atoms with Crippen LogP contribution in [0.3, 0.4) is 0 Å². The molecule has 0 fully saturated rings. The summed E-state index contributed by atoms with van der Waals surface area (Å²) in [6.07, 6.45) is 0. The lowest BCUT2D eigenvalue weighted by Crippen LogP contribution is -2.10. The van der Waals surface area contributed by atoms with Crippen LogP contribution in [0.1, 0.15) is 13.8 Å². The average molecular weight is 795 g/mol. The predicted octanol–water partition coefficient (Wildman–Crippen LogP) is 17.6. The number of hydrogen-bond donors (Lipinski definition) is 0. The summed E-state index contributed by atoms with van der Waals surface area (Å²) in [5.74, 6) is 0. The number of anilines is 6. The zero-order valence-electron chi connectivity index (χ0n) is 35.0. The maximum Gasteiger partial charge on any atom is 0.0540 e. The first-order valence-electron chi connectivity index (χ1n) is 21.6. The van der Waals surface area contributed by atoms with E-state index < -0.39 is 0 Å². The molecule has 2 heteroatoms. The minimum absolute atomic E-state index is 1.12. The van der Waals surface area contributed by atoms with Crippen molar-refractivity contribution in [2.24, 2.45) is 0 Å². The van der Waals surface area contributed by atoms with E-state index in [-0.39, 0.29) is 0 Å². The number of hydrogen-bond acceptors (Lipinski definition) is 2. The lowest BCUT2D eigenvalue weighted by Gasteiger charge is -2.28. The Morgan fingerprint density at radius 1 is 0.210 bits per heavy atom. The first-order valence-corrected chi connectivity index (χ1v) is 21.6. The summed E-state index contributed by atoms with van der Waals surface area (Å²) in [6.45, 7) is 4.00. The molecule has 0 aliphatic heterocycles. The molecule has 0 saturated heterocycles. The lowest BCUT2D eigenvalue weighted by atomic mass is 9.83. The Labute approximate surface area is 364 Å². The summed E-state index contributed by atoms with van der Waals surface area (Å²) >= 11 is 0. The van der Waals surface area contributed by atoms with Gasteiger partial charge in [0.2, 0.25) is 0 Å². The summed E-state index contributed by atoms with van der Waals surface area (Å²) in [6, 6.07) is 87.8. The molecule has 11 rings (SSSR count). The van der Waals surface area contributed by atoms with Crippen LogP contribution in [-0.2, 0) is 0 Å². The van der Waals surface area contributed by atoms with Gasteiger partial charge in [0.05, 0.1) is 11.4 Å². The topological polar surface area (TPSA) is 6.48 Å². The molecule has 0 N–H and O–H groups in total. The highest BCUT2D eigenvalue weighted by Gasteiger charge is 2.23. The SMILES string of the molecule is CC.c1ccc(N(c2ccccc2)c2ccc(-c3c4ccccc4c(-c4ccc(N(c5ccccc5)c5ccccc5)c5ccccc45)c4ccccc34)c3ccccc23)cc1. The maximum atomic E-state index is 2.37. The second-order valence-corrected chi connectivity index (χ2v) is 15.2. The number of benzene rings is 11. The summed E-state index contributed by atoms with van der Waals surface area (Å²) in [5, 5.41) is 9.75. The molecule has 11 aromatic carbocycles. The Hall–Kier alpha value is -7.94. The standard InChI is InChI=1S/C58H40N2.C2H6/c1-5-21-41(22-6-1)59(42-23-7-2-8-24-42)55-39-37-53(45-29-13-15-31-47(45)55)57-49-33-17-19-35-51(49)58(52-36-20-18-34-50(52)57)54-38-40-56(48-32-16-14-30-46(48)54)60(43-25-9-3-10-26-43)44-27-11-4-12-28-44;1-2/h1-40H;1-2H3. The number of para-hydroxylation sites is 4. The fraction of sp³-hybridized carbons (Fsp3) is 0.0333. The van der Waals surface area contributed by atoms with Crippen molar-refractivity contribution in [3.8, 4) is 22.3 Å². The van der Waals surface area contributed by atoms with Crippen LogP contribution >= 0.6 is 0 Å². The van der Waals surface area contributed by atoms with Crippen LogP contribution in [-0.4, -0.2) is 0 Å². The number of fused-ring (bicyclic) bond motifs is 4. The largest absolute Gasteiger partial charge is 0.310 e. The highest BCUT2D eigenvalue weighted by molar-refractivity contribution is 6.26. The summed E-state index contributed by atoms with van der Waals surface area (Å²) in [7, 11) is 0. The number of nitrogens with zero attached hydrogens (tertiary/aromatic N) is 2. The minimum Gasteiger partial charge on any atom is -0.310 e. The van der Waals surface area contributed by atoms with Gasteiger partial charge in [-0.25, -0.2) is 0 Å². The first-order chi connectivity index (χ1) is 30.8. The molecule has 0 aliphatic carbocycles. The van der Waals surface area contributed by atoms with Gasteiger partial charge in [-0.1, -0.05) is 196 Å². The van der Waals surface area contributed by atoms with Crippen molar-refractivity contribution in [3.63, 3.8) is 0 Å². The molecule has 0 spiro atoms. The molecule has 0 saturated carbocycles. The van der Waals surface area contributed by atoms with Gasteiger partial charge in [-0.15, -0.1) is 0 Å². The monoisotopic (exact) mass is 794 g/mol. The van der Waals surface area contributed by atoms with Crippen LogP contribution < -0.4 is 9.80 Å². The van der Waals surface area contributed by atoms with E-state index in [9.17, 15) is 0 Å². The molecular formula is C60H46N2. The molecule has 2 nitrogen and oxygen atoms in total. The van der Waals surface area contributed by atoms with Crippen LogP contribution in [0.2, 0.25) is 0 Å². The van der Waals surface area contributed by atoms with E-state index in [0.29, 0.717) is 0 Å². The summed E-state index contributed by atoms with van der Waals surface area (Å²) < 4.78 is 0. The molecule has 0 aromatic heterocycles. The van der Waals surface area contributed by atoms with Crippen LogP contribution in [0.4, 0.5) is 34.1 Å². The molecule has 11 aromatic rings. The third-order valence-corrected chi connectivity index (χ3v) is 11.8. The summed E-state index contributed by atoms with van der Waals surface area (Å²) in [5.41, 5.74) is 11.7. The van der Waals surface area contributed by atoms with Crippen molar-refractivity contribution in [2.45, 2.75) is 13.8 Å². The Kier molecular flexibility index (Phi) is 10.5. The van der Waals surface area contributed by atoms with E-state index in [1.165, 1.54) is 65.3 Å². The Balaban J connectivity index is 0.00000226.